The lowest BCUT2D eigenvalue weighted by atomic mass is 10.2. The minimum absolute atomic E-state index is 0.0457. The van der Waals surface area contributed by atoms with E-state index in [0.29, 0.717) is 32.1 Å². The number of rotatable bonds is 9. The highest BCUT2D eigenvalue weighted by molar-refractivity contribution is 7.89. The van der Waals surface area contributed by atoms with Gasteiger partial charge in [-0.2, -0.15) is 9.41 Å². The zero-order valence-corrected chi connectivity index (χ0v) is 23.6. The fourth-order valence-electron chi connectivity index (χ4n) is 3.46. The number of hydrazone groups is 1. The predicted molar refractivity (Wildman–Crippen MR) is 154 cm³/mol. The molecule has 0 saturated heterocycles. The maximum Gasteiger partial charge on any atom is 0.329 e. The molecule has 0 aliphatic carbocycles. The van der Waals surface area contributed by atoms with Crippen molar-refractivity contribution >= 4 is 68.5 Å². The third-order valence-corrected chi connectivity index (χ3v) is 7.93. The molecule has 4 aromatic rings. The predicted octanol–water partition coefficient (Wildman–Crippen LogP) is 5.72. The molecule has 4 rings (SSSR count). The first kappa shape index (κ1) is 29.3. The van der Waals surface area contributed by atoms with E-state index in [9.17, 15) is 18.0 Å². The summed E-state index contributed by atoms with van der Waals surface area (Å²) in [5.74, 6) is -1.41. The van der Waals surface area contributed by atoms with Crippen LogP contribution in [0.3, 0.4) is 0 Å². The second kappa shape index (κ2) is 13.1. The fourth-order valence-corrected chi connectivity index (χ4v) is 5.29. The molecule has 0 atom stereocenters. The first-order valence-corrected chi connectivity index (χ1v) is 14.2. The van der Waals surface area contributed by atoms with Crippen LogP contribution >= 0.6 is 34.8 Å². The molecular formula is C27H21Cl3N4O5S. The van der Waals surface area contributed by atoms with E-state index in [-0.39, 0.29) is 23.7 Å². The molecule has 3 aromatic carbocycles. The van der Waals surface area contributed by atoms with Gasteiger partial charge in [0.1, 0.15) is 11.5 Å². The Bertz CT molecular complexity index is 1640. The van der Waals surface area contributed by atoms with Gasteiger partial charge in [-0.1, -0.05) is 53.0 Å². The largest absolute Gasteiger partial charge is 0.459 e. The summed E-state index contributed by atoms with van der Waals surface area (Å²) in [6.07, 6.45) is 1.19. The van der Waals surface area contributed by atoms with Crippen molar-refractivity contribution in [1.82, 2.24) is 9.73 Å². The number of nitrogens with one attached hydrogen (secondary N) is 2. The Morgan fingerprint density at radius 2 is 1.50 bits per heavy atom. The Hall–Kier alpha value is -3.67. The van der Waals surface area contributed by atoms with Crippen molar-refractivity contribution in [3.8, 4) is 0 Å². The van der Waals surface area contributed by atoms with Gasteiger partial charge in [-0.3, -0.25) is 9.59 Å². The number of halogens is 3. The molecule has 0 bridgehead atoms. The molecule has 9 nitrogen and oxygen atoms in total. The molecule has 0 spiro atoms. The van der Waals surface area contributed by atoms with Gasteiger partial charge in [-0.05, 0) is 72.3 Å². The normalized spacial score (nSPS) is 11.6. The second-order valence-corrected chi connectivity index (χ2v) is 11.6. The van der Waals surface area contributed by atoms with Gasteiger partial charge in [-0.15, -0.1) is 0 Å². The minimum atomic E-state index is -3.94. The molecular weight excluding hydrogens is 599 g/mol. The van der Waals surface area contributed by atoms with Gasteiger partial charge in [-0.25, -0.2) is 13.8 Å². The van der Waals surface area contributed by atoms with Crippen molar-refractivity contribution in [3.63, 3.8) is 0 Å². The lowest BCUT2D eigenvalue weighted by Crippen LogP contribution is -2.32. The summed E-state index contributed by atoms with van der Waals surface area (Å²) >= 11 is 17.8. The van der Waals surface area contributed by atoms with Crippen LogP contribution in [0, 0.1) is 0 Å². The molecule has 40 heavy (non-hydrogen) atoms. The van der Waals surface area contributed by atoms with E-state index in [1.165, 1.54) is 40.9 Å². The maximum absolute atomic E-state index is 13.5. The third kappa shape index (κ3) is 7.93. The highest BCUT2D eigenvalue weighted by atomic mass is 35.5. The van der Waals surface area contributed by atoms with Crippen LogP contribution in [0.15, 0.2) is 99.3 Å². The van der Waals surface area contributed by atoms with Crippen LogP contribution in [0.5, 0.6) is 0 Å². The van der Waals surface area contributed by atoms with Crippen LogP contribution < -0.4 is 10.7 Å². The molecule has 0 fully saturated rings. The Balaban J connectivity index is 1.44. The van der Waals surface area contributed by atoms with Crippen molar-refractivity contribution in [1.29, 1.82) is 0 Å². The quantitative estimate of drug-likeness (QED) is 0.141. The Morgan fingerprint density at radius 3 is 2.17 bits per heavy atom. The summed E-state index contributed by atoms with van der Waals surface area (Å²) in [7, 11) is -3.94. The lowest BCUT2D eigenvalue weighted by Gasteiger charge is -2.21. The van der Waals surface area contributed by atoms with E-state index in [0.717, 1.165) is 0 Å². The standard InChI is InChI=1S/C27H21Cl3N4O5S/c28-19-6-4-18(5-7-19)16-34(40(37,38)25-12-8-20(29)9-13-25)17-24-11-10-23(39-24)15-31-33-27(36)26(35)32-22-3-1-2-21(30)14-22/h1-15H,16-17H2,(H,32,35)(H,33,36)/b31-15+. The highest BCUT2D eigenvalue weighted by Crippen LogP contribution is 2.24. The number of benzene rings is 3. The maximum atomic E-state index is 13.5. The number of carbonyl (C=O) groups excluding carboxylic acids is 2. The number of furan rings is 1. The summed E-state index contributed by atoms with van der Waals surface area (Å²) in [6, 6.07) is 22.1. The van der Waals surface area contributed by atoms with E-state index in [1.807, 2.05) is 0 Å². The first-order chi connectivity index (χ1) is 19.1. The van der Waals surface area contributed by atoms with E-state index in [2.05, 4.69) is 15.8 Å². The van der Waals surface area contributed by atoms with E-state index >= 15 is 0 Å². The summed E-state index contributed by atoms with van der Waals surface area (Å²) in [6.45, 7) is -0.0557. The SMILES string of the molecule is O=C(N/N=C/c1ccc(CN(Cc2ccc(Cl)cc2)S(=O)(=O)c2ccc(Cl)cc2)o1)C(=O)Nc1cccc(Cl)c1. The van der Waals surface area contributed by atoms with E-state index in [4.69, 9.17) is 39.2 Å². The molecule has 1 heterocycles. The molecule has 0 aliphatic heterocycles. The van der Waals surface area contributed by atoms with Gasteiger partial charge >= 0.3 is 11.8 Å². The Labute approximate surface area is 245 Å². The summed E-state index contributed by atoms with van der Waals surface area (Å²) in [5.41, 5.74) is 3.17. The zero-order chi connectivity index (χ0) is 28.7. The average molecular weight is 620 g/mol. The highest BCUT2D eigenvalue weighted by Gasteiger charge is 2.26. The minimum Gasteiger partial charge on any atom is -0.459 e. The lowest BCUT2D eigenvalue weighted by molar-refractivity contribution is -0.136. The molecule has 206 valence electrons. The van der Waals surface area contributed by atoms with Gasteiger partial charge < -0.3 is 9.73 Å². The van der Waals surface area contributed by atoms with Gasteiger partial charge in [0.25, 0.3) is 0 Å². The van der Waals surface area contributed by atoms with Gasteiger partial charge in [0.15, 0.2) is 0 Å². The number of hydrogen-bond acceptors (Lipinski definition) is 6. The number of sulfonamides is 1. The van der Waals surface area contributed by atoms with Crippen molar-refractivity contribution < 1.29 is 22.4 Å². The first-order valence-electron chi connectivity index (χ1n) is 11.6. The molecule has 2 amide bonds. The molecule has 2 N–H and O–H groups in total. The molecule has 1 aromatic heterocycles. The third-order valence-electron chi connectivity index (χ3n) is 5.38. The van der Waals surface area contributed by atoms with E-state index < -0.39 is 21.8 Å². The second-order valence-electron chi connectivity index (χ2n) is 8.32. The molecule has 0 unspecified atom stereocenters. The van der Waals surface area contributed by atoms with Crippen molar-refractivity contribution in [2.45, 2.75) is 18.0 Å². The van der Waals surface area contributed by atoms with Crippen molar-refractivity contribution in [2.24, 2.45) is 5.10 Å². The topological polar surface area (TPSA) is 121 Å². The van der Waals surface area contributed by atoms with Crippen LogP contribution in [0.25, 0.3) is 0 Å². The summed E-state index contributed by atoms with van der Waals surface area (Å²) in [5, 5.41) is 7.47. The van der Waals surface area contributed by atoms with E-state index in [1.54, 1.807) is 54.6 Å². The molecule has 0 radical (unpaired) electrons. The van der Waals surface area contributed by atoms with Crippen molar-refractivity contribution in [2.75, 3.05) is 5.32 Å². The van der Waals surface area contributed by atoms with Crippen LogP contribution in [0.1, 0.15) is 17.1 Å². The monoisotopic (exact) mass is 618 g/mol. The number of anilines is 1. The summed E-state index contributed by atoms with van der Waals surface area (Å²) in [4.78, 5) is 24.2. The molecule has 0 saturated carbocycles. The zero-order valence-electron chi connectivity index (χ0n) is 20.6. The molecule has 0 aliphatic rings. The van der Waals surface area contributed by atoms with Crippen LogP contribution in [-0.4, -0.2) is 30.8 Å². The molecule has 13 heteroatoms. The Morgan fingerprint density at radius 1 is 0.825 bits per heavy atom. The smallest absolute Gasteiger partial charge is 0.329 e. The number of amides is 2. The summed E-state index contributed by atoms with van der Waals surface area (Å²) < 4.78 is 33.9. The van der Waals surface area contributed by atoms with Crippen LogP contribution in [0.2, 0.25) is 15.1 Å². The van der Waals surface area contributed by atoms with Gasteiger partial charge in [0.05, 0.1) is 17.7 Å². The Kier molecular flexibility index (Phi) is 9.62. The fraction of sp³-hybridized carbons (Fsp3) is 0.0741. The average Bonchev–Trinajstić information content (AvgIpc) is 3.37. The number of nitrogens with zero attached hydrogens (tertiary/aromatic N) is 2. The van der Waals surface area contributed by atoms with Crippen LogP contribution in [0.4, 0.5) is 5.69 Å². The van der Waals surface area contributed by atoms with Gasteiger partial charge in [0.2, 0.25) is 10.0 Å². The number of hydrogen-bond donors (Lipinski definition) is 2. The number of carbonyl (C=O) groups is 2. The van der Waals surface area contributed by atoms with Gasteiger partial charge in [0, 0.05) is 27.3 Å². The van der Waals surface area contributed by atoms with Crippen LogP contribution in [-0.2, 0) is 32.7 Å². The van der Waals surface area contributed by atoms with Crippen molar-refractivity contribution in [3.05, 3.63) is 117 Å².